The summed E-state index contributed by atoms with van der Waals surface area (Å²) in [5.74, 6) is -0.546. The van der Waals surface area contributed by atoms with Gasteiger partial charge in [-0.3, -0.25) is 0 Å². The van der Waals surface area contributed by atoms with Crippen molar-refractivity contribution < 1.29 is 17.2 Å². The lowest BCUT2D eigenvalue weighted by Gasteiger charge is -2.22. The highest BCUT2D eigenvalue weighted by atomic mass is 79.9. The van der Waals surface area contributed by atoms with Crippen molar-refractivity contribution in [3.05, 3.63) is 59.1 Å². The van der Waals surface area contributed by atoms with Crippen LogP contribution in [0.25, 0.3) is 10.9 Å². The van der Waals surface area contributed by atoms with Crippen LogP contribution >= 0.6 is 15.9 Å². The molecule has 2 aromatic carbocycles. The van der Waals surface area contributed by atoms with Gasteiger partial charge in [-0.05, 0) is 54.6 Å². The molecule has 0 saturated heterocycles. The summed E-state index contributed by atoms with van der Waals surface area (Å²) >= 11 is 1.00. The number of halogens is 1. The molecule has 0 aliphatic heterocycles. The van der Waals surface area contributed by atoms with Crippen LogP contribution in [0.15, 0.2) is 64.0 Å². The number of hydrogen-bond acceptors (Lipinski definition) is 5. The highest BCUT2D eigenvalue weighted by Crippen LogP contribution is 2.26. The first-order chi connectivity index (χ1) is 12.8. The number of rotatable bonds is 6. The fourth-order valence-electron chi connectivity index (χ4n) is 2.50. The van der Waals surface area contributed by atoms with Gasteiger partial charge in [0.25, 0.3) is 10.0 Å². The van der Waals surface area contributed by atoms with Crippen LogP contribution in [0, 0.1) is 0 Å². The van der Waals surface area contributed by atoms with Gasteiger partial charge in [0.15, 0.2) is 11.1 Å². The van der Waals surface area contributed by atoms with E-state index in [0.717, 1.165) is 19.9 Å². The molecule has 142 valence electrons. The average Bonchev–Trinajstić information content (AvgIpc) is 2.65. The first-order valence-electron chi connectivity index (χ1n) is 7.75. The third kappa shape index (κ3) is 4.29. The van der Waals surface area contributed by atoms with E-state index in [-0.39, 0.29) is 10.7 Å². The highest BCUT2D eigenvalue weighted by molar-refractivity contribution is 9.10. The van der Waals surface area contributed by atoms with Crippen LogP contribution < -0.4 is 9.62 Å². The zero-order valence-corrected chi connectivity index (χ0v) is 17.4. The molecule has 3 aromatic rings. The van der Waals surface area contributed by atoms with Gasteiger partial charge in [-0.25, -0.2) is 21.9 Å². The maximum absolute atomic E-state index is 13.1. The molecule has 10 heteroatoms. The maximum atomic E-state index is 13.1. The third-order valence-electron chi connectivity index (χ3n) is 3.85. The topological polar surface area (TPSA) is 99.6 Å². The van der Waals surface area contributed by atoms with E-state index in [1.807, 2.05) is 6.07 Å². The molecular formula is C17H16BrN3O4S2. The highest BCUT2D eigenvalue weighted by Gasteiger charge is 2.27. The molecule has 3 rings (SSSR count). The van der Waals surface area contributed by atoms with Crippen molar-refractivity contribution in [1.29, 1.82) is 0 Å². The molecule has 1 heterocycles. The molecule has 27 heavy (non-hydrogen) atoms. The van der Waals surface area contributed by atoms with E-state index in [4.69, 9.17) is 0 Å². The monoisotopic (exact) mass is 469 g/mol. The number of hydrogen-bond donors (Lipinski definition) is 2. The standard InChI is InChI=1S/C17H16BrN3O4S2/c1-19-14-4-6-15(7-5-14)27(24,25)21(11-26(22)23)17-9-2-12-10-13(18)3-8-16(12)20-17/h2-10,19H,11H2,1H3,(H,22,23). The van der Waals surface area contributed by atoms with Crippen LogP contribution in [0.3, 0.4) is 0 Å². The fraction of sp³-hybridized carbons (Fsp3) is 0.118. The molecule has 1 aromatic heterocycles. The van der Waals surface area contributed by atoms with Gasteiger partial charge < -0.3 is 9.87 Å². The number of fused-ring (bicyclic) bond motifs is 1. The van der Waals surface area contributed by atoms with Gasteiger partial charge in [0, 0.05) is 22.6 Å². The van der Waals surface area contributed by atoms with Crippen molar-refractivity contribution in [2.75, 3.05) is 22.5 Å². The predicted octanol–water partition coefficient (Wildman–Crippen LogP) is 3.41. The van der Waals surface area contributed by atoms with Gasteiger partial charge in [0.1, 0.15) is 11.7 Å². The number of aromatic nitrogens is 1. The van der Waals surface area contributed by atoms with Crippen molar-refractivity contribution in [1.82, 2.24) is 4.98 Å². The van der Waals surface area contributed by atoms with E-state index < -0.39 is 27.0 Å². The van der Waals surface area contributed by atoms with Crippen molar-refractivity contribution in [3.8, 4) is 0 Å². The van der Waals surface area contributed by atoms with Gasteiger partial charge in [0.2, 0.25) is 0 Å². The van der Waals surface area contributed by atoms with E-state index in [1.165, 1.54) is 18.2 Å². The van der Waals surface area contributed by atoms with Crippen molar-refractivity contribution in [2.24, 2.45) is 0 Å². The Morgan fingerprint density at radius 3 is 2.48 bits per heavy atom. The summed E-state index contributed by atoms with van der Waals surface area (Å²) in [5, 5.41) is 3.72. The number of nitrogens with one attached hydrogen (secondary N) is 1. The first kappa shape index (κ1) is 19.7. The van der Waals surface area contributed by atoms with Crippen LogP contribution in [-0.4, -0.2) is 35.1 Å². The minimum absolute atomic E-state index is 0.00431. The molecule has 0 aliphatic carbocycles. The predicted molar refractivity (Wildman–Crippen MR) is 111 cm³/mol. The molecule has 2 N–H and O–H groups in total. The molecule has 0 aliphatic rings. The van der Waals surface area contributed by atoms with Crippen LogP contribution in [0.1, 0.15) is 0 Å². The number of sulfonamides is 1. The van der Waals surface area contributed by atoms with Crippen molar-refractivity contribution in [2.45, 2.75) is 4.90 Å². The van der Waals surface area contributed by atoms with Gasteiger partial charge in [-0.15, -0.1) is 0 Å². The van der Waals surface area contributed by atoms with Gasteiger partial charge in [-0.2, -0.15) is 0 Å². The summed E-state index contributed by atoms with van der Waals surface area (Å²) in [7, 11) is -2.35. The molecule has 0 bridgehead atoms. The van der Waals surface area contributed by atoms with Gasteiger partial charge >= 0.3 is 0 Å². The fourth-order valence-corrected chi connectivity index (χ4v) is 5.12. The molecule has 0 amide bonds. The Morgan fingerprint density at radius 1 is 1.15 bits per heavy atom. The summed E-state index contributed by atoms with van der Waals surface area (Å²) in [4.78, 5) is 4.37. The van der Waals surface area contributed by atoms with Gasteiger partial charge in [-0.1, -0.05) is 15.9 Å². The lowest BCUT2D eigenvalue weighted by Crippen LogP contribution is -2.34. The summed E-state index contributed by atoms with van der Waals surface area (Å²) in [6.07, 6.45) is 0. The molecular weight excluding hydrogens is 454 g/mol. The SMILES string of the molecule is CNc1ccc(S(=O)(=O)N(CS(=O)O)c2ccc3cc(Br)ccc3n2)cc1. The molecule has 0 spiro atoms. The first-order valence-corrected chi connectivity index (χ1v) is 11.3. The lowest BCUT2D eigenvalue weighted by atomic mass is 10.2. The van der Waals surface area contributed by atoms with E-state index in [0.29, 0.717) is 5.52 Å². The molecule has 1 atom stereocenters. The Labute approximate surface area is 167 Å². The summed E-state index contributed by atoms with van der Waals surface area (Å²) in [6.45, 7) is 0. The number of pyridine rings is 1. The number of benzene rings is 2. The number of anilines is 2. The molecule has 0 saturated carbocycles. The summed E-state index contributed by atoms with van der Waals surface area (Å²) in [6, 6.07) is 14.7. The zero-order chi connectivity index (χ0) is 19.6. The zero-order valence-electron chi connectivity index (χ0n) is 14.2. The third-order valence-corrected chi connectivity index (χ3v) is 6.75. The Bertz CT molecular complexity index is 1100. The van der Waals surface area contributed by atoms with Crippen molar-refractivity contribution >= 4 is 59.4 Å². The Kier molecular flexibility index (Phi) is 5.80. The second kappa shape index (κ2) is 7.93. The van der Waals surface area contributed by atoms with Crippen LogP contribution in [0.4, 0.5) is 11.5 Å². The molecule has 1 unspecified atom stereocenters. The molecule has 7 nitrogen and oxygen atoms in total. The normalized spacial score (nSPS) is 12.7. The average molecular weight is 470 g/mol. The van der Waals surface area contributed by atoms with Crippen LogP contribution in [0.5, 0.6) is 0 Å². The van der Waals surface area contributed by atoms with E-state index in [9.17, 15) is 17.2 Å². The Hall–Kier alpha value is -2.01. The smallest absolute Gasteiger partial charge is 0.266 e. The minimum Gasteiger partial charge on any atom is -0.388 e. The van der Waals surface area contributed by atoms with Crippen LogP contribution in [-0.2, 0) is 21.1 Å². The molecule has 0 fully saturated rings. The van der Waals surface area contributed by atoms with Crippen LogP contribution in [0.2, 0.25) is 0 Å². The van der Waals surface area contributed by atoms with Crippen molar-refractivity contribution in [3.63, 3.8) is 0 Å². The lowest BCUT2D eigenvalue weighted by molar-refractivity contribution is 0.560. The number of nitrogens with zero attached hydrogens (tertiary/aromatic N) is 2. The summed E-state index contributed by atoms with van der Waals surface area (Å²) < 4.78 is 48.6. The largest absolute Gasteiger partial charge is 0.388 e. The van der Waals surface area contributed by atoms with E-state index in [1.54, 1.807) is 37.4 Å². The Balaban J connectivity index is 2.09. The Morgan fingerprint density at radius 2 is 1.85 bits per heavy atom. The van der Waals surface area contributed by atoms with E-state index >= 15 is 0 Å². The second-order valence-corrected chi connectivity index (χ2v) is 9.26. The summed E-state index contributed by atoms with van der Waals surface area (Å²) in [5.41, 5.74) is 1.32. The molecule has 0 radical (unpaired) electrons. The quantitative estimate of drug-likeness (QED) is 0.536. The van der Waals surface area contributed by atoms with Gasteiger partial charge in [0.05, 0.1) is 10.4 Å². The second-order valence-electron chi connectivity index (χ2n) is 5.59. The van der Waals surface area contributed by atoms with E-state index in [2.05, 4.69) is 26.2 Å². The maximum Gasteiger partial charge on any atom is 0.266 e. The minimum atomic E-state index is -4.07.